The second-order valence-electron chi connectivity index (χ2n) is 7.47. The molecule has 2 fully saturated rings. The summed E-state index contributed by atoms with van der Waals surface area (Å²) in [7, 11) is 0. The third kappa shape index (κ3) is 3.82. The number of ether oxygens (including phenoxy) is 1. The van der Waals surface area contributed by atoms with Crippen LogP contribution in [0.2, 0.25) is 0 Å². The van der Waals surface area contributed by atoms with Crippen LogP contribution < -0.4 is 11.5 Å². The molecular weight excluding hydrogens is 340 g/mol. The number of nitrogens with two attached hydrogens (primary N) is 2. The van der Waals surface area contributed by atoms with Crippen LogP contribution in [-0.4, -0.2) is 48.1 Å². The Bertz CT molecular complexity index is 815. The van der Waals surface area contributed by atoms with Gasteiger partial charge in [0.1, 0.15) is 5.82 Å². The molecule has 2 saturated heterocycles. The Balaban J connectivity index is 1.46. The Kier molecular flexibility index (Phi) is 5.09. The van der Waals surface area contributed by atoms with Gasteiger partial charge < -0.3 is 16.2 Å². The minimum Gasteiger partial charge on any atom is -0.383 e. The number of rotatable bonds is 4. The maximum absolute atomic E-state index is 11.5. The smallest absolute Gasteiger partial charge is 0.252 e. The number of carbonyl (C=O) groups is 1. The first kappa shape index (κ1) is 17.9. The van der Waals surface area contributed by atoms with Crippen molar-refractivity contribution in [1.29, 1.82) is 0 Å². The van der Waals surface area contributed by atoms with Crippen molar-refractivity contribution in [1.82, 2.24) is 9.88 Å². The molecule has 2 aliphatic heterocycles. The van der Waals surface area contributed by atoms with E-state index in [1.54, 1.807) is 12.3 Å². The Morgan fingerprint density at radius 2 is 1.85 bits per heavy atom. The molecule has 142 valence electrons. The molecule has 0 bridgehead atoms. The SMILES string of the molecule is NC(=O)c1cc(-c2ccc(C3CCN(C4CCOCC4)C3)cc2)cnc1N. The zero-order chi connectivity index (χ0) is 18.8. The first-order valence-corrected chi connectivity index (χ1v) is 9.59. The van der Waals surface area contributed by atoms with E-state index in [9.17, 15) is 4.79 Å². The highest BCUT2D eigenvalue weighted by molar-refractivity contribution is 5.98. The van der Waals surface area contributed by atoms with E-state index in [-0.39, 0.29) is 11.4 Å². The maximum Gasteiger partial charge on any atom is 0.252 e. The summed E-state index contributed by atoms with van der Waals surface area (Å²) in [6.45, 7) is 4.08. The van der Waals surface area contributed by atoms with Crippen molar-refractivity contribution in [3.05, 3.63) is 47.7 Å². The van der Waals surface area contributed by atoms with Crippen molar-refractivity contribution in [2.45, 2.75) is 31.2 Å². The number of hydrogen-bond donors (Lipinski definition) is 2. The lowest BCUT2D eigenvalue weighted by molar-refractivity contribution is 0.0419. The third-order valence-corrected chi connectivity index (χ3v) is 5.83. The van der Waals surface area contributed by atoms with Gasteiger partial charge in [-0.15, -0.1) is 0 Å². The molecule has 3 heterocycles. The fraction of sp³-hybridized carbons (Fsp3) is 0.429. The number of primary amides is 1. The molecule has 1 amide bonds. The molecule has 4 rings (SSSR count). The summed E-state index contributed by atoms with van der Waals surface area (Å²) >= 11 is 0. The summed E-state index contributed by atoms with van der Waals surface area (Å²) in [4.78, 5) is 18.2. The van der Waals surface area contributed by atoms with E-state index in [1.165, 1.54) is 18.5 Å². The number of anilines is 1. The highest BCUT2D eigenvalue weighted by Gasteiger charge is 2.30. The van der Waals surface area contributed by atoms with Crippen LogP contribution in [0.5, 0.6) is 0 Å². The Labute approximate surface area is 159 Å². The number of carbonyl (C=O) groups excluding carboxylic acids is 1. The van der Waals surface area contributed by atoms with E-state index in [4.69, 9.17) is 16.2 Å². The van der Waals surface area contributed by atoms with Gasteiger partial charge in [-0.05, 0) is 48.9 Å². The average Bonchev–Trinajstić information content (AvgIpc) is 3.19. The third-order valence-electron chi connectivity index (χ3n) is 5.83. The molecule has 4 N–H and O–H groups in total. The molecule has 27 heavy (non-hydrogen) atoms. The lowest BCUT2D eigenvalue weighted by Gasteiger charge is -2.31. The topological polar surface area (TPSA) is 94.5 Å². The number of amides is 1. The first-order chi connectivity index (χ1) is 13.1. The standard InChI is InChI=1S/C21H26N4O2/c22-20-19(21(23)26)11-17(12-24-20)15-3-1-14(2-4-15)16-5-8-25(13-16)18-6-9-27-10-7-18/h1-4,11-12,16,18H,5-10,13H2,(H2,22,24)(H2,23,26). The van der Waals surface area contributed by atoms with Crippen LogP contribution in [-0.2, 0) is 4.74 Å². The Morgan fingerprint density at radius 3 is 2.56 bits per heavy atom. The minimum atomic E-state index is -0.558. The van der Waals surface area contributed by atoms with Crippen molar-refractivity contribution in [2.24, 2.45) is 5.73 Å². The molecule has 1 aromatic carbocycles. The fourth-order valence-electron chi connectivity index (χ4n) is 4.22. The van der Waals surface area contributed by atoms with Gasteiger partial charge in [0.2, 0.25) is 0 Å². The molecule has 0 aliphatic carbocycles. The van der Waals surface area contributed by atoms with Gasteiger partial charge in [0.25, 0.3) is 5.91 Å². The van der Waals surface area contributed by atoms with Gasteiger partial charge in [0, 0.05) is 37.6 Å². The summed E-state index contributed by atoms with van der Waals surface area (Å²) in [6.07, 6.45) is 5.18. The highest BCUT2D eigenvalue weighted by Crippen LogP contribution is 2.32. The van der Waals surface area contributed by atoms with Crippen molar-refractivity contribution in [2.75, 3.05) is 32.0 Å². The molecule has 0 radical (unpaired) electrons. The molecule has 1 aromatic heterocycles. The summed E-state index contributed by atoms with van der Waals surface area (Å²) in [6, 6.07) is 10.9. The van der Waals surface area contributed by atoms with Gasteiger partial charge in [-0.2, -0.15) is 0 Å². The molecule has 0 spiro atoms. The van der Waals surface area contributed by atoms with Gasteiger partial charge >= 0.3 is 0 Å². The van der Waals surface area contributed by atoms with Crippen molar-refractivity contribution >= 4 is 11.7 Å². The predicted octanol–water partition coefficient (Wildman–Crippen LogP) is 2.40. The van der Waals surface area contributed by atoms with Gasteiger partial charge in [-0.25, -0.2) is 4.98 Å². The summed E-state index contributed by atoms with van der Waals surface area (Å²) in [5.74, 6) is 0.187. The second-order valence-corrected chi connectivity index (χ2v) is 7.47. The second kappa shape index (κ2) is 7.66. The van der Waals surface area contributed by atoms with E-state index in [2.05, 4.69) is 34.1 Å². The van der Waals surface area contributed by atoms with E-state index in [0.29, 0.717) is 12.0 Å². The van der Waals surface area contributed by atoms with E-state index in [1.807, 2.05) is 0 Å². The molecule has 6 nitrogen and oxygen atoms in total. The Hall–Kier alpha value is -2.44. The van der Waals surface area contributed by atoms with Crippen LogP contribution in [0.4, 0.5) is 5.82 Å². The van der Waals surface area contributed by atoms with Crippen LogP contribution in [0.15, 0.2) is 36.5 Å². The number of nitrogens with zero attached hydrogens (tertiary/aromatic N) is 2. The van der Waals surface area contributed by atoms with Crippen LogP contribution >= 0.6 is 0 Å². The van der Waals surface area contributed by atoms with Crippen LogP contribution in [0.25, 0.3) is 11.1 Å². The van der Waals surface area contributed by atoms with Crippen LogP contribution in [0.3, 0.4) is 0 Å². The summed E-state index contributed by atoms with van der Waals surface area (Å²) in [5.41, 5.74) is 14.6. The van der Waals surface area contributed by atoms with Crippen molar-refractivity contribution < 1.29 is 9.53 Å². The zero-order valence-corrected chi connectivity index (χ0v) is 15.4. The summed E-state index contributed by atoms with van der Waals surface area (Å²) in [5, 5.41) is 0. The van der Waals surface area contributed by atoms with Gasteiger partial charge in [0.15, 0.2) is 0 Å². The lowest BCUT2D eigenvalue weighted by atomic mass is 9.95. The molecule has 0 saturated carbocycles. The molecule has 2 aliphatic rings. The number of aromatic nitrogens is 1. The van der Waals surface area contributed by atoms with Crippen molar-refractivity contribution in [3.8, 4) is 11.1 Å². The normalized spacial score (nSPS) is 21.4. The largest absolute Gasteiger partial charge is 0.383 e. The van der Waals surface area contributed by atoms with E-state index < -0.39 is 5.91 Å². The number of benzene rings is 1. The number of pyridine rings is 1. The highest BCUT2D eigenvalue weighted by atomic mass is 16.5. The quantitative estimate of drug-likeness (QED) is 0.866. The van der Waals surface area contributed by atoms with Crippen molar-refractivity contribution in [3.63, 3.8) is 0 Å². The monoisotopic (exact) mass is 366 g/mol. The lowest BCUT2D eigenvalue weighted by Crippen LogP contribution is -2.37. The van der Waals surface area contributed by atoms with Crippen LogP contribution in [0, 0.1) is 0 Å². The van der Waals surface area contributed by atoms with Crippen LogP contribution in [0.1, 0.15) is 41.1 Å². The van der Waals surface area contributed by atoms with Gasteiger partial charge in [-0.3, -0.25) is 9.69 Å². The average molecular weight is 366 g/mol. The molecule has 1 unspecified atom stereocenters. The number of nitrogen functional groups attached to an aromatic ring is 1. The first-order valence-electron chi connectivity index (χ1n) is 9.59. The Morgan fingerprint density at radius 1 is 1.11 bits per heavy atom. The summed E-state index contributed by atoms with van der Waals surface area (Å²) < 4.78 is 5.49. The van der Waals surface area contributed by atoms with Gasteiger partial charge in [-0.1, -0.05) is 24.3 Å². The minimum absolute atomic E-state index is 0.169. The molecule has 1 atom stereocenters. The predicted molar refractivity (Wildman–Crippen MR) is 105 cm³/mol. The zero-order valence-electron chi connectivity index (χ0n) is 15.4. The fourth-order valence-corrected chi connectivity index (χ4v) is 4.22. The molecule has 2 aromatic rings. The molecule has 6 heteroatoms. The van der Waals surface area contributed by atoms with E-state index >= 15 is 0 Å². The maximum atomic E-state index is 11.5. The molecular formula is C21H26N4O2. The number of hydrogen-bond acceptors (Lipinski definition) is 5. The van der Waals surface area contributed by atoms with Gasteiger partial charge in [0.05, 0.1) is 5.56 Å². The number of likely N-dealkylation sites (tertiary alicyclic amines) is 1. The van der Waals surface area contributed by atoms with E-state index in [0.717, 1.165) is 43.7 Å².